The lowest BCUT2D eigenvalue weighted by molar-refractivity contribution is 0.281. The molecule has 19 heavy (non-hydrogen) atoms. The molecule has 0 fully saturated rings. The summed E-state index contributed by atoms with van der Waals surface area (Å²) >= 11 is 0. The lowest BCUT2D eigenvalue weighted by Crippen LogP contribution is -2.29. The van der Waals surface area contributed by atoms with Crippen molar-refractivity contribution in [1.29, 1.82) is 0 Å². The monoisotopic (exact) mass is 265 g/mol. The summed E-state index contributed by atoms with van der Waals surface area (Å²) in [5, 5.41) is 18.0. The maximum Gasteiger partial charge on any atom is 0.0606 e. The van der Waals surface area contributed by atoms with Gasteiger partial charge in [-0.15, -0.1) is 0 Å². The molecular formula is C16H27NO2. The number of rotatable bonds is 10. The highest BCUT2D eigenvalue weighted by atomic mass is 16.3. The first-order valence-corrected chi connectivity index (χ1v) is 7.37. The lowest BCUT2D eigenvalue weighted by Gasteiger charge is -2.23. The highest BCUT2D eigenvalue weighted by molar-refractivity contribution is 5.47. The number of hydrogen-bond donors (Lipinski definition) is 2. The predicted octanol–water partition coefficient (Wildman–Crippen LogP) is 2.60. The Kier molecular flexibility index (Phi) is 8.26. The second-order valence-electron chi connectivity index (χ2n) is 4.91. The Hall–Kier alpha value is -1.06. The summed E-state index contributed by atoms with van der Waals surface area (Å²) in [6.45, 7) is 3.58. The van der Waals surface area contributed by atoms with E-state index in [1.807, 2.05) is 4.90 Å². The average Bonchev–Trinajstić information content (AvgIpc) is 2.44. The Morgan fingerprint density at radius 2 is 1.53 bits per heavy atom. The van der Waals surface area contributed by atoms with Crippen LogP contribution in [0.4, 0.5) is 5.69 Å². The van der Waals surface area contributed by atoms with Crippen LogP contribution in [0.5, 0.6) is 0 Å². The minimum atomic E-state index is 0.110. The van der Waals surface area contributed by atoms with Crippen molar-refractivity contribution >= 4 is 5.69 Å². The summed E-state index contributed by atoms with van der Waals surface area (Å²) in [6.07, 6.45) is 6.29. The van der Waals surface area contributed by atoms with E-state index in [0.717, 1.165) is 12.1 Å². The molecule has 108 valence electrons. The van der Waals surface area contributed by atoms with E-state index < -0.39 is 0 Å². The Morgan fingerprint density at radius 1 is 0.895 bits per heavy atom. The van der Waals surface area contributed by atoms with Gasteiger partial charge in [0.15, 0.2) is 0 Å². The van der Waals surface area contributed by atoms with E-state index in [0.29, 0.717) is 13.1 Å². The van der Waals surface area contributed by atoms with Gasteiger partial charge in [0.05, 0.1) is 13.2 Å². The first kappa shape index (κ1) is 16.0. The highest BCUT2D eigenvalue weighted by Crippen LogP contribution is 2.16. The van der Waals surface area contributed by atoms with Gasteiger partial charge in [-0.3, -0.25) is 0 Å². The molecule has 0 aliphatic carbocycles. The van der Waals surface area contributed by atoms with Crippen molar-refractivity contribution in [2.24, 2.45) is 0 Å². The van der Waals surface area contributed by atoms with Crippen LogP contribution in [0, 0.1) is 0 Å². The average molecular weight is 265 g/mol. The van der Waals surface area contributed by atoms with Gasteiger partial charge in [0.2, 0.25) is 0 Å². The Bertz CT molecular complexity index is 318. The van der Waals surface area contributed by atoms with Crippen LogP contribution in [0.3, 0.4) is 0 Å². The number of aryl methyl sites for hydroxylation is 1. The van der Waals surface area contributed by atoms with Crippen LogP contribution in [-0.2, 0) is 6.42 Å². The first-order valence-electron chi connectivity index (χ1n) is 7.37. The summed E-state index contributed by atoms with van der Waals surface area (Å²) in [6, 6.07) is 8.48. The minimum absolute atomic E-state index is 0.110. The minimum Gasteiger partial charge on any atom is -0.395 e. The van der Waals surface area contributed by atoms with Crippen LogP contribution in [-0.4, -0.2) is 36.5 Å². The SMILES string of the molecule is CCCCCCc1ccc(N(CCO)CCO)cc1. The van der Waals surface area contributed by atoms with Gasteiger partial charge in [0, 0.05) is 18.8 Å². The Balaban J connectivity index is 2.49. The smallest absolute Gasteiger partial charge is 0.0606 e. The zero-order chi connectivity index (χ0) is 13.9. The van der Waals surface area contributed by atoms with E-state index in [2.05, 4.69) is 31.2 Å². The van der Waals surface area contributed by atoms with E-state index >= 15 is 0 Å². The predicted molar refractivity (Wildman–Crippen MR) is 80.7 cm³/mol. The Morgan fingerprint density at radius 3 is 2.05 bits per heavy atom. The van der Waals surface area contributed by atoms with Crippen molar-refractivity contribution in [2.45, 2.75) is 39.0 Å². The molecule has 3 nitrogen and oxygen atoms in total. The molecule has 0 unspecified atom stereocenters. The molecule has 0 saturated heterocycles. The topological polar surface area (TPSA) is 43.7 Å². The molecule has 0 heterocycles. The normalized spacial score (nSPS) is 10.7. The molecular weight excluding hydrogens is 238 g/mol. The van der Waals surface area contributed by atoms with Gasteiger partial charge in [-0.2, -0.15) is 0 Å². The number of anilines is 1. The van der Waals surface area contributed by atoms with Gasteiger partial charge in [-0.05, 0) is 30.5 Å². The van der Waals surface area contributed by atoms with Crippen LogP contribution in [0.25, 0.3) is 0 Å². The third-order valence-electron chi connectivity index (χ3n) is 3.36. The number of unbranched alkanes of at least 4 members (excludes halogenated alkanes) is 3. The molecule has 1 aromatic carbocycles. The quantitative estimate of drug-likeness (QED) is 0.639. The van der Waals surface area contributed by atoms with Gasteiger partial charge in [-0.1, -0.05) is 38.3 Å². The molecule has 0 spiro atoms. The number of aliphatic hydroxyl groups excluding tert-OH is 2. The second-order valence-corrected chi connectivity index (χ2v) is 4.91. The standard InChI is InChI=1S/C16H27NO2/c1-2-3-4-5-6-15-7-9-16(10-8-15)17(11-13-18)12-14-19/h7-10,18-19H,2-6,11-14H2,1H3. The second kappa shape index (κ2) is 9.82. The molecule has 0 aliphatic rings. The highest BCUT2D eigenvalue weighted by Gasteiger charge is 2.04. The zero-order valence-corrected chi connectivity index (χ0v) is 12.0. The maximum atomic E-state index is 9.02. The van der Waals surface area contributed by atoms with Gasteiger partial charge in [0.1, 0.15) is 0 Å². The Labute approximate surface area is 116 Å². The van der Waals surface area contributed by atoms with Crippen LogP contribution in [0.1, 0.15) is 38.2 Å². The van der Waals surface area contributed by atoms with E-state index in [1.165, 1.54) is 31.2 Å². The molecule has 0 radical (unpaired) electrons. The third kappa shape index (κ3) is 6.08. The molecule has 0 aliphatic heterocycles. The van der Waals surface area contributed by atoms with Crippen molar-refractivity contribution < 1.29 is 10.2 Å². The van der Waals surface area contributed by atoms with Crippen molar-refractivity contribution in [3.63, 3.8) is 0 Å². The number of aliphatic hydroxyl groups is 2. The molecule has 0 aromatic heterocycles. The summed E-state index contributed by atoms with van der Waals surface area (Å²) in [5.74, 6) is 0. The van der Waals surface area contributed by atoms with Crippen LogP contribution in [0.2, 0.25) is 0 Å². The molecule has 0 bridgehead atoms. The molecule has 1 rings (SSSR count). The fourth-order valence-corrected chi connectivity index (χ4v) is 2.24. The summed E-state index contributed by atoms with van der Waals surface area (Å²) < 4.78 is 0. The maximum absolute atomic E-state index is 9.02. The molecule has 0 saturated carbocycles. The fraction of sp³-hybridized carbons (Fsp3) is 0.625. The van der Waals surface area contributed by atoms with E-state index in [9.17, 15) is 0 Å². The molecule has 0 atom stereocenters. The van der Waals surface area contributed by atoms with E-state index in [1.54, 1.807) is 0 Å². The third-order valence-corrected chi connectivity index (χ3v) is 3.36. The zero-order valence-electron chi connectivity index (χ0n) is 12.0. The largest absolute Gasteiger partial charge is 0.395 e. The molecule has 2 N–H and O–H groups in total. The number of nitrogens with zero attached hydrogens (tertiary/aromatic N) is 1. The fourth-order valence-electron chi connectivity index (χ4n) is 2.24. The van der Waals surface area contributed by atoms with Crippen molar-refractivity contribution in [1.82, 2.24) is 0 Å². The van der Waals surface area contributed by atoms with Crippen molar-refractivity contribution in [3.8, 4) is 0 Å². The molecule has 3 heteroatoms. The van der Waals surface area contributed by atoms with Gasteiger partial charge in [0.25, 0.3) is 0 Å². The first-order chi connectivity index (χ1) is 9.31. The summed E-state index contributed by atoms with van der Waals surface area (Å²) in [5.41, 5.74) is 2.44. The van der Waals surface area contributed by atoms with Gasteiger partial charge >= 0.3 is 0 Å². The van der Waals surface area contributed by atoms with Gasteiger partial charge < -0.3 is 15.1 Å². The molecule has 1 aromatic rings. The summed E-state index contributed by atoms with van der Waals surface area (Å²) in [7, 11) is 0. The lowest BCUT2D eigenvalue weighted by atomic mass is 10.1. The summed E-state index contributed by atoms with van der Waals surface area (Å²) in [4.78, 5) is 2.00. The number of benzene rings is 1. The van der Waals surface area contributed by atoms with Crippen LogP contribution < -0.4 is 4.90 Å². The van der Waals surface area contributed by atoms with Crippen molar-refractivity contribution in [3.05, 3.63) is 29.8 Å². The van der Waals surface area contributed by atoms with Gasteiger partial charge in [-0.25, -0.2) is 0 Å². The molecule has 0 amide bonds. The number of hydrogen-bond acceptors (Lipinski definition) is 3. The van der Waals surface area contributed by atoms with Crippen molar-refractivity contribution in [2.75, 3.05) is 31.2 Å². The van der Waals surface area contributed by atoms with E-state index in [-0.39, 0.29) is 13.2 Å². The van der Waals surface area contributed by atoms with E-state index in [4.69, 9.17) is 10.2 Å². The van der Waals surface area contributed by atoms with Crippen LogP contribution >= 0.6 is 0 Å². The van der Waals surface area contributed by atoms with Crippen LogP contribution in [0.15, 0.2) is 24.3 Å².